The summed E-state index contributed by atoms with van der Waals surface area (Å²) < 4.78 is 0. The molecule has 4 aromatic rings. The lowest BCUT2D eigenvalue weighted by molar-refractivity contribution is 1.10. The van der Waals surface area contributed by atoms with Crippen molar-refractivity contribution in [2.75, 3.05) is 0 Å². The lowest BCUT2D eigenvalue weighted by Crippen LogP contribution is -1.83. The van der Waals surface area contributed by atoms with Gasteiger partial charge in [0.1, 0.15) is 0 Å². The molecule has 0 unspecified atom stereocenters. The van der Waals surface area contributed by atoms with Crippen LogP contribution in [0.1, 0.15) is 0 Å². The van der Waals surface area contributed by atoms with Crippen molar-refractivity contribution in [2.24, 2.45) is 0 Å². The van der Waals surface area contributed by atoms with Crippen LogP contribution in [-0.2, 0) is 0 Å². The van der Waals surface area contributed by atoms with Crippen molar-refractivity contribution in [3.05, 3.63) is 73.3 Å². The van der Waals surface area contributed by atoms with Gasteiger partial charge < -0.3 is 0 Å². The molecular weight excluding hydrogens is 262 g/mol. The number of fused-ring (bicyclic) bond motifs is 1. The number of aromatic amines is 1. The van der Waals surface area contributed by atoms with E-state index in [1.165, 1.54) is 0 Å². The fraction of sp³-hybridized carbons (Fsp3) is 0. The summed E-state index contributed by atoms with van der Waals surface area (Å²) in [5.41, 5.74) is 2.67. The molecule has 0 spiro atoms. The summed E-state index contributed by atoms with van der Waals surface area (Å²) in [4.78, 5) is 12.4. The molecule has 0 bridgehead atoms. The normalized spacial score (nSPS) is 9.90. The summed E-state index contributed by atoms with van der Waals surface area (Å²) in [6, 6.07) is 15.4. The average molecular weight is 275 g/mol. The number of hydrogen-bond donors (Lipinski definition) is 1. The third-order valence-corrected chi connectivity index (χ3v) is 2.81. The Labute approximate surface area is 121 Å². The molecule has 21 heavy (non-hydrogen) atoms. The predicted octanol–water partition coefficient (Wildman–Crippen LogP) is 3.10. The van der Waals surface area contributed by atoms with Gasteiger partial charge in [-0.2, -0.15) is 5.10 Å². The minimum Gasteiger partial charge on any atom is -0.261 e. The first-order valence-corrected chi connectivity index (χ1v) is 6.50. The van der Waals surface area contributed by atoms with E-state index >= 15 is 0 Å². The SMILES string of the molecule is c1ccc(-c2ccccn2)nc1.c1cnc2[nH]ncc2c1. The van der Waals surface area contributed by atoms with Crippen LogP contribution in [0.25, 0.3) is 22.4 Å². The van der Waals surface area contributed by atoms with E-state index < -0.39 is 0 Å². The maximum absolute atomic E-state index is 4.19. The maximum Gasteiger partial charge on any atom is 0.155 e. The van der Waals surface area contributed by atoms with Crippen LogP contribution in [0, 0.1) is 0 Å². The predicted molar refractivity (Wildman–Crippen MR) is 81.4 cm³/mol. The van der Waals surface area contributed by atoms with E-state index in [9.17, 15) is 0 Å². The largest absolute Gasteiger partial charge is 0.261 e. The molecule has 102 valence electrons. The molecule has 0 saturated heterocycles. The van der Waals surface area contributed by atoms with Gasteiger partial charge in [0.25, 0.3) is 0 Å². The van der Waals surface area contributed by atoms with E-state index in [2.05, 4.69) is 25.1 Å². The van der Waals surface area contributed by atoms with Crippen LogP contribution in [0.2, 0.25) is 0 Å². The molecule has 0 saturated carbocycles. The number of hydrogen-bond acceptors (Lipinski definition) is 4. The summed E-state index contributed by atoms with van der Waals surface area (Å²) in [6.07, 6.45) is 7.02. The van der Waals surface area contributed by atoms with Crippen LogP contribution in [0.4, 0.5) is 0 Å². The van der Waals surface area contributed by atoms with Gasteiger partial charge in [0.05, 0.1) is 17.6 Å². The second-order valence-corrected chi connectivity index (χ2v) is 4.24. The molecule has 4 rings (SSSR count). The molecule has 4 aromatic heterocycles. The molecule has 0 amide bonds. The molecule has 0 aromatic carbocycles. The molecule has 0 aliphatic rings. The van der Waals surface area contributed by atoms with Gasteiger partial charge in [0.15, 0.2) is 5.65 Å². The number of aromatic nitrogens is 5. The van der Waals surface area contributed by atoms with Gasteiger partial charge in [0.2, 0.25) is 0 Å². The van der Waals surface area contributed by atoms with Crippen molar-refractivity contribution in [3.63, 3.8) is 0 Å². The minimum absolute atomic E-state index is 0.845. The van der Waals surface area contributed by atoms with Crippen molar-refractivity contribution in [3.8, 4) is 11.4 Å². The van der Waals surface area contributed by atoms with E-state index in [-0.39, 0.29) is 0 Å². The summed E-state index contributed by atoms with van der Waals surface area (Å²) in [5.74, 6) is 0. The second kappa shape index (κ2) is 6.38. The Morgan fingerprint density at radius 3 is 1.90 bits per heavy atom. The third kappa shape index (κ3) is 3.27. The second-order valence-electron chi connectivity index (χ2n) is 4.24. The number of H-pyrrole nitrogens is 1. The molecule has 1 N–H and O–H groups in total. The van der Waals surface area contributed by atoms with E-state index in [1.54, 1.807) is 24.8 Å². The summed E-state index contributed by atoms with van der Waals surface area (Å²) in [6.45, 7) is 0. The van der Waals surface area contributed by atoms with Crippen LogP contribution in [0.3, 0.4) is 0 Å². The van der Waals surface area contributed by atoms with Crippen molar-refractivity contribution in [2.45, 2.75) is 0 Å². The van der Waals surface area contributed by atoms with E-state index in [0.717, 1.165) is 22.4 Å². The Bertz CT molecular complexity index is 729. The van der Waals surface area contributed by atoms with Crippen molar-refractivity contribution >= 4 is 11.0 Å². The van der Waals surface area contributed by atoms with Gasteiger partial charge in [0, 0.05) is 24.0 Å². The molecule has 4 heterocycles. The number of pyridine rings is 3. The Balaban J connectivity index is 0.000000131. The lowest BCUT2D eigenvalue weighted by atomic mass is 10.2. The summed E-state index contributed by atoms with van der Waals surface area (Å²) >= 11 is 0. The number of nitrogens with one attached hydrogen (secondary N) is 1. The monoisotopic (exact) mass is 275 g/mol. The molecule has 5 heteroatoms. The number of nitrogens with zero attached hydrogens (tertiary/aromatic N) is 4. The molecule has 0 fully saturated rings. The van der Waals surface area contributed by atoms with Crippen molar-refractivity contribution in [1.29, 1.82) is 0 Å². The highest BCUT2D eigenvalue weighted by Gasteiger charge is 1.95. The zero-order valence-electron chi connectivity index (χ0n) is 11.2. The Hall–Kier alpha value is -3.08. The first-order chi connectivity index (χ1) is 10.4. The van der Waals surface area contributed by atoms with Gasteiger partial charge >= 0.3 is 0 Å². The molecule has 5 nitrogen and oxygen atoms in total. The van der Waals surface area contributed by atoms with E-state index in [0.29, 0.717) is 0 Å². The maximum atomic E-state index is 4.19. The van der Waals surface area contributed by atoms with Gasteiger partial charge in [-0.25, -0.2) is 4.98 Å². The van der Waals surface area contributed by atoms with Crippen LogP contribution < -0.4 is 0 Å². The van der Waals surface area contributed by atoms with Crippen LogP contribution in [0.5, 0.6) is 0 Å². The van der Waals surface area contributed by atoms with Crippen molar-refractivity contribution < 1.29 is 0 Å². The van der Waals surface area contributed by atoms with Gasteiger partial charge in [-0.1, -0.05) is 12.1 Å². The Morgan fingerprint density at radius 1 is 0.667 bits per heavy atom. The highest BCUT2D eigenvalue weighted by atomic mass is 15.1. The minimum atomic E-state index is 0.845. The first kappa shape index (κ1) is 12.9. The van der Waals surface area contributed by atoms with Crippen LogP contribution >= 0.6 is 0 Å². The zero-order valence-corrected chi connectivity index (χ0v) is 11.2. The molecule has 0 aliphatic heterocycles. The van der Waals surface area contributed by atoms with E-state index in [1.807, 2.05) is 48.5 Å². The first-order valence-electron chi connectivity index (χ1n) is 6.50. The van der Waals surface area contributed by atoms with Crippen molar-refractivity contribution in [1.82, 2.24) is 25.1 Å². The zero-order chi connectivity index (χ0) is 14.3. The summed E-state index contributed by atoms with van der Waals surface area (Å²) in [5, 5.41) is 7.63. The van der Waals surface area contributed by atoms with Crippen LogP contribution in [-0.4, -0.2) is 25.1 Å². The Kier molecular flexibility index (Phi) is 3.93. The topological polar surface area (TPSA) is 67.3 Å². The number of rotatable bonds is 1. The van der Waals surface area contributed by atoms with Gasteiger partial charge in [-0.05, 0) is 36.4 Å². The molecule has 0 atom stereocenters. The quantitative estimate of drug-likeness (QED) is 0.579. The Morgan fingerprint density at radius 2 is 1.33 bits per heavy atom. The molecular formula is C16H13N5. The smallest absolute Gasteiger partial charge is 0.155 e. The molecule has 0 aliphatic carbocycles. The summed E-state index contributed by atoms with van der Waals surface area (Å²) in [7, 11) is 0. The standard InChI is InChI=1S/C10H8N2.C6H5N3/c1-3-7-11-9(5-1)10-6-2-4-8-12-10;1-2-5-4-8-9-6(5)7-3-1/h1-8H;1-4H,(H,7,8,9). The van der Waals surface area contributed by atoms with Crippen LogP contribution in [0.15, 0.2) is 73.3 Å². The molecule has 0 radical (unpaired) electrons. The third-order valence-electron chi connectivity index (χ3n) is 2.81. The fourth-order valence-electron chi connectivity index (χ4n) is 1.81. The van der Waals surface area contributed by atoms with Gasteiger partial charge in [-0.3, -0.25) is 15.1 Å². The highest BCUT2D eigenvalue weighted by molar-refractivity contribution is 5.72. The highest BCUT2D eigenvalue weighted by Crippen LogP contribution is 2.10. The average Bonchev–Trinajstić information content (AvgIpc) is 3.06. The lowest BCUT2D eigenvalue weighted by Gasteiger charge is -1.96. The van der Waals surface area contributed by atoms with Gasteiger partial charge in [-0.15, -0.1) is 0 Å². The fourth-order valence-corrected chi connectivity index (χ4v) is 1.81. The van der Waals surface area contributed by atoms with E-state index in [4.69, 9.17) is 0 Å².